The SMILES string of the molecule is C[C@@H]1CN(c2ccc(C#N)c3ncccc23)C[C@@H]2C[C@@H](C3CCc4ccc(C5CCNCC5)cc4CC3)CN21. The predicted molar refractivity (Wildman–Crippen MR) is 158 cm³/mol. The molecule has 3 aromatic rings. The summed E-state index contributed by atoms with van der Waals surface area (Å²) in [7, 11) is 0. The number of piperazine rings is 1. The number of aryl methyl sites for hydroxylation is 2. The summed E-state index contributed by atoms with van der Waals surface area (Å²) in [5.41, 5.74) is 7.59. The monoisotopic (exact) mass is 519 g/mol. The van der Waals surface area contributed by atoms with Crippen LogP contribution in [-0.2, 0) is 12.8 Å². The number of hydrogen-bond donors (Lipinski definition) is 1. The number of nitrogens with zero attached hydrogens (tertiary/aromatic N) is 4. The second-order valence-corrected chi connectivity index (χ2v) is 12.6. The van der Waals surface area contributed by atoms with Gasteiger partial charge in [-0.3, -0.25) is 9.88 Å². The van der Waals surface area contributed by atoms with Gasteiger partial charge in [-0.1, -0.05) is 18.2 Å². The van der Waals surface area contributed by atoms with Crippen molar-refractivity contribution in [3.63, 3.8) is 0 Å². The third-order valence-electron chi connectivity index (χ3n) is 10.5. The first kappa shape index (κ1) is 25.1. The van der Waals surface area contributed by atoms with Crippen molar-refractivity contribution in [1.82, 2.24) is 15.2 Å². The Labute approximate surface area is 233 Å². The van der Waals surface area contributed by atoms with Crippen LogP contribution >= 0.6 is 0 Å². The highest BCUT2D eigenvalue weighted by molar-refractivity contribution is 5.95. The summed E-state index contributed by atoms with van der Waals surface area (Å²) in [6.07, 6.45) is 10.9. The second kappa shape index (κ2) is 10.6. The number of nitrogens with one attached hydrogen (secondary N) is 1. The van der Waals surface area contributed by atoms with Gasteiger partial charge in [0.2, 0.25) is 0 Å². The van der Waals surface area contributed by atoms with Crippen molar-refractivity contribution in [1.29, 1.82) is 5.26 Å². The summed E-state index contributed by atoms with van der Waals surface area (Å²) in [5.74, 6) is 2.37. The molecule has 0 amide bonds. The minimum Gasteiger partial charge on any atom is -0.368 e. The maximum atomic E-state index is 9.59. The highest BCUT2D eigenvalue weighted by Gasteiger charge is 2.42. The number of benzene rings is 2. The van der Waals surface area contributed by atoms with Crippen LogP contribution in [0.4, 0.5) is 5.69 Å². The van der Waals surface area contributed by atoms with Crippen LogP contribution < -0.4 is 10.2 Å². The zero-order valence-corrected chi connectivity index (χ0v) is 23.3. The quantitative estimate of drug-likeness (QED) is 0.452. The first-order chi connectivity index (χ1) is 19.2. The van der Waals surface area contributed by atoms with Crippen LogP contribution in [0.5, 0.6) is 0 Å². The van der Waals surface area contributed by atoms with Gasteiger partial charge in [-0.25, -0.2) is 0 Å². The van der Waals surface area contributed by atoms with Gasteiger partial charge in [0, 0.05) is 49.0 Å². The largest absolute Gasteiger partial charge is 0.368 e. The summed E-state index contributed by atoms with van der Waals surface area (Å²) in [6, 6.07) is 19.2. The van der Waals surface area contributed by atoms with Gasteiger partial charge in [-0.15, -0.1) is 0 Å². The molecule has 4 atom stereocenters. The number of fused-ring (bicyclic) bond motifs is 3. The van der Waals surface area contributed by atoms with Crippen LogP contribution in [0.25, 0.3) is 10.9 Å². The standard InChI is InChI=1S/C34H41N5/c1-23-20-38(33-11-10-29(19-35)34-32(33)3-2-14-37-34)22-31-18-30(21-39(23)31)25-5-4-24-6-8-28(17-27(24)9-7-25)26-12-15-36-16-13-26/h2-3,6,8,10-11,14,17,23,25-26,30-31,36H,4-5,7,9,12-13,15-16,18,20-22H2,1H3/t23-,25?,30-,31+/m1/s1. The van der Waals surface area contributed by atoms with Gasteiger partial charge in [-0.2, -0.15) is 5.26 Å². The molecule has 0 bridgehead atoms. The summed E-state index contributed by atoms with van der Waals surface area (Å²) in [5, 5.41) is 14.2. The first-order valence-electron chi connectivity index (χ1n) is 15.3. The molecule has 0 radical (unpaired) electrons. The Morgan fingerprint density at radius 2 is 1.77 bits per heavy atom. The van der Waals surface area contributed by atoms with Crippen LogP contribution in [0, 0.1) is 23.2 Å². The van der Waals surface area contributed by atoms with E-state index < -0.39 is 0 Å². The molecule has 2 aromatic carbocycles. The third kappa shape index (κ3) is 4.72. The fraction of sp³-hybridized carbons (Fsp3) is 0.529. The molecule has 3 aliphatic heterocycles. The van der Waals surface area contributed by atoms with Gasteiger partial charge in [0.05, 0.1) is 11.1 Å². The lowest BCUT2D eigenvalue weighted by Crippen LogP contribution is -2.55. The molecule has 5 nitrogen and oxygen atoms in total. The fourth-order valence-corrected chi connectivity index (χ4v) is 8.34. The van der Waals surface area contributed by atoms with E-state index in [0.717, 1.165) is 54.8 Å². The molecule has 3 fully saturated rings. The van der Waals surface area contributed by atoms with Crippen molar-refractivity contribution in [2.75, 3.05) is 37.6 Å². The molecule has 3 saturated heterocycles. The van der Waals surface area contributed by atoms with Crippen molar-refractivity contribution in [2.24, 2.45) is 11.8 Å². The number of rotatable bonds is 3. The first-order valence-corrected chi connectivity index (χ1v) is 15.3. The zero-order valence-electron chi connectivity index (χ0n) is 23.3. The Bertz CT molecular complexity index is 1390. The van der Waals surface area contributed by atoms with Gasteiger partial charge in [-0.05, 0) is 124 Å². The predicted octanol–water partition coefficient (Wildman–Crippen LogP) is 5.67. The van der Waals surface area contributed by atoms with Gasteiger partial charge < -0.3 is 10.2 Å². The van der Waals surface area contributed by atoms with Crippen LogP contribution in [0.3, 0.4) is 0 Å². The third-order valence-corrected chi connectivity index (χ3v) is 10.5. The topological polar surface area (TPSA) is 55.2 Å². The highest BCUT2D eigenvalue weighted by Crippen LogP contribution is 2.41. The van der Waals surface area contributed by atoms with E-state index in [9.17, 15) is 5.26 Å². The van der Waals surface area contributed by atoms with Crippen molar-refractivity contribution in [3.05, 3.63) is 70.9 Å². The van der Waals surface area contributed by atoms with E-state index in [2.05, 4.69) is 63.4 Å². The second-order valence-electron chi connectivity index (χ2n) is 12.6. The lowest BCUT2D eigenvalue weighted by atomic mass is 9.84. The molecule has 4 heterocycles. The Balaban J connectivity index is 1.05. The van der Waals surface area contributed by atoms with E-state index in [1.165, 1.54) is 57.2 Å². The molecular formula is C34H41N5. The van der Waals surface area contributed by atoms with E-state index >= 15 is 0 Å². The van der Waals surface area contributed by atoms with Gasteiger partial charge >= 0.3 is 0 Å². The Morgan fingerprint density at radius 1 is 0.923 bits per heavy atom. The Kier molecular flexibility index (Phi) is 6.78. The fourth-order valence-electron chi connectivity index (χ4n) is 8.34. The normalized spacial score (nSPS) is 28.1. The van der Waals surface area contributed by atoms with E-state index in [0.29, 0.717) is 17.6 Å². The molecule has 0 saturated carbocycles. The molecule has 0 spiro atoms. The number of hydrogen-bond acceptors (Lipinski definition) is 5. The molecule has 1 N–H and O–H groups in total. The minimum absolute atomic E-state index is 0.534. The summed E-state index contributed by atoms with van der Waals surface area (Å²) in [4.78, 5) is 9.95. The maximum Gasteiger partial charge on any atom is 0.101 e. The number of nitriles is 1. The number of anilines is 1. The van der Waals surface area contributed by atoms with Crippen LogP contribution in [0.2, 0.25) is 0 Å². The summed E-state index contributed by atoms with van der Waals surface area (Å²) in [6.45, 7) is 8.11. The zero-order chi connectivity index (χ0) is 26.3. The summed E-state index contributed by atoms with van der Waals surface area (Å²) >= 11 is 0. The van der Waals surface area contributed by atoms with Crippen molar-refractivity contribution in [2.45, 2.75) is 69.9 Å². The molecule has 5 heteroatoms. The van der Waals surface area contributed by atoms with Gasteiger partial charge in [0.25, 0.3) is 0 Å². The maximum absolute atomic E-state index is 9.59. The molecule has 202 valence electrons. The van der Waals surface area contributed by atoms with E-state index in [1.54, 1.807) is 22.9 Å². The van der Waals surface area contributed by atoms with Gasteiger partial charge in [0.15, 0.2) is 0 Å². The number of piperidine rings is 1. The smallest absolute Gasteiger partial charge is 0.101 e. The van der Waals surface area contributed by atoms with E-state index in [1.807, 2.05) is 12.1 Å². The molecule has 1 aliphatic carbocycles. The lowest BCUT2D eigenvalue weighted by molar-refractivity contribution is 0.160. The van der Waals surface area contributed by atoms with Gasteiger partial charge in [0.1, 0.15) is 6.07 Å². The van der Waals surface area contributed by atoms with Crippen molar-refractivity contribution in [3.8, 4) is 6.07 Å². The Morgan fingerprint density at radius 3 is 2.62 bits per heavy atom. The number of aromatic nitrogens is 1. The average Bonchev–Trinajstić information content (AvgIpc) is 3.30. The molecule has 1 aromatic heterocycles. The Hall–Kier alpha value is -2.94. The lowest BCUT2D eigenvalue weighted by Gasteiger charge is -2.43. The van der Waals surface area contributed by atoms with Crippen LogP contribution in [0.15, 0.2) is 48.7 Å². The molecule has 7 rings (SSSR count). The van der Waals surface area contributed by atoms with Crippen LogP contribution in [-0.4, -0.2) is 54.7 Å². The molecule has 39 heavy (non-hydrogen) atoms. The summed E-state index contributed by atoms with van der Waals surface area (Å²) < 4.78 is 0. The van der Waals surface area contributed by atoms with E-state index in [4.69, 9.17) is 0 Å². The molecular weight excluding hydrogens is 478 g/mol. The van der Waals surface area contributed by atoms with E-state index in [-0.39, 0.29) is 0 Å². The van der Waals surface area contributed by atoms with Crippen molar-refractivity contribution >= 4 is 16.6 Å². The van der Waals surface area contributed by atoms with Crippen LogP contribution in [0.1, 0.15) is 67.2 Å². The average molecular weight is 520 g/mol. The van der Waals surface area contributed by atoms with Crippen molar-refractivity contribution < 1.29 is 0 Å². The number of pyridine rings is 1. The minimum atomic E-state index is 0.534. The molecule has 4 aliphatic rings. The molecule has 1 unspecified atom stereocenters. The highest BCUT2D eigenvalue weighted by atomic mass is 15.3.